The number of rotatable bonds is 3. The van der Waals surface area contributed by atoms with Crippen molar-refractivity contribution in [3.8, 4) is 0 Å². The monoisotopic (exact) mass is 340 g/mol. The Balaban J connectivity index is 0.00000200. The molecule has 1 saturated heterocycles. The van der Waals surface area contributed by atoms with Crippen molar-refractivity contribution in [2.45, 2.75) is 6.54 Å². The molecule has 2 rings (SSSR count). The Hall–Kier alpha value is -0.550. The van der Waals surface area contributed by atoms with Gasteiger partial charge in [0, 0.05) is 43.3 Å². The number of alkyl halides is 1. The van der Waals surface area contributed by atoms with Gasteiger partial charge >= 0.3 is 0 Å². The summed E-state index contributed by atoms with van der Waals surface area (Å²) in [4.78, 5) is 15.2. The highest BCUT2D eigenvalue weighted by Gasteiger charge is 2.21. The zero-order chi connectivity index (χ0) is 13.8. The molecule has 1 fully saturated rings. The third-order valence-electron chi connectivity index (χ3n) is 3.28. The van der Waals surface area contributed by atoms with Crippen molar-refractivity contribution < 1.29 is 9.18 Å². The van der Waals surface area contributed by atoms with E-state index in [1.165, 1.54) is 6.07 Å². The minimum Gasteiger partial charge on any atom is -0.339 e. The molecule has 0 aliphatic carbocycles. The smallest absolute Gasteiger partial charge is 0.237 e. The largest absolute Gasteiger partial charge is 0.339 e. The van der Waals surface area contributed by atoms with Crippen LogP contribution < -0.4 is 0 Å². The van der Waals surface area contributed by atoms with Gasteiger partial charge in [0.15, 0.2) is 0 Å². The fraction of sp³-hybridized carbons (Fsp3) is 0.462. The van der Waals surface area contributed by atoms with Gasteiger partial charge in [-0.05, 0) is 12.1 Å². The highest BCUT2D eigenvalue weighted by atomic mass is 35.5. The average molecular weight is 342 g/mol. The maximum atomic E-state index is 13.7. The molecule has 0 atom stereocenters. The van der Waals surface area contributed by atoms with Gasteiger partial charge in [-0.15, -0.1) is 24.0 Å². The molecule has 0 bridgehead atoms. The van der Waals surface area contributed by atoms with E-state index in [9.17, 15) is 9.18 Å². The van der Waals surface area contributed by atoms with Gasteiger partial charge in [0.25, 0.3) is 0 Å². The van der Waals surface area contributed by atoms with Crippen LogP contribution in [-0.4, -0.2) is 47.8 Å². The Morgan fingerprint density at radius 2 is 1.90 bits per heavy atom. The lowest BCUT2D eigenvalue weighted by Gasteiger charge is -2.34. The van der Waals surface area contributed by atoms with Crippen molar-refractivity contribution in [1.82, 2.24) is 9.80 Å². The highest BCUT2D eigenvalue weighted by Crippen LogP contribution is 2.21. The van der Waals surface area contributed by atoms with Crippen LogP contribution in [-0.2, 0) is 11.3 Å². The molecule has 1 heterocycles. The van der Waals surface area contributed by atoms with Gasteiger partial charge in [-0.25, -0.2) is 4.39 Å². The zero-order valence-electron chi connectivity index (χ0n) is 10.8. The molecule has 1 aliphatic heterocycles. The molecular weight excluding hydrogens is 326 g/mol. The minimum absolute atomic E-state index is 0. The quantitative estimate of drug-likeness (QED) is 0.789. The van der Waals surface area contributed by atoms with Crippen LogP contribution in [0.25, 0.3) is 0 Å². The fourth-order valence-electron chi connectivity index (χ4n) is 2.15. The first-order valence-electron chi connectivity index (χ1n) is 6.11. The van der Waals surface area contributed by atoms with E-state index in [0.717, 1.165) is 0 Å². The number of nitrogens with zero attached hydrogens (tertiary/aromatic N) is 2. The van der Waals surface area contributed by atoms with E-state index in [1.54, 1.807) is 17.0 Å². The first-order chi connectivity index (χ1) is 9.11. The van der Waals surface area contributed by atoms with Crippen molar-refractivity contribution in [1.29, 1.82) is 0 Å². The first kappa shape index (κ1) is 17.5. The third-order valence-corrected chi connectivity index (χ3v) is 3.87. The van der Waals surface area contributed by atoms with E-state index < -0.39 is 0 Å². The van der Waals surface area contributed by atoms with Gasteiger partial charge in [-0.3, -0.25) is 9.69 Å². The fourth-order valence-corrected chi connectivity index (χ4v) is 2.54. The zero-order valence-corrected chi connectivity index (χ0v) is 13.1. The van der Waals surface area contributed by atoms with Gasteiger partial charge in [-0.1, -0.05) is 17.7 Å². The Bertz CT molecular complexity index is 445. The van der Waals surface area contributed by atoms with Crippen molar-refractivity contribution in [2.75, 3.05) is 32.1 Å². The van der Waals surface area contributed by atoms with Crippen molar-refractivity contribution in [3.05, 3.63) is 34.6 Å². The van der Waals surface area contributed by atoms with Crippen LogP contribution in [0.4, 0.5) is 4.39 Å². The van der Waals surface area contributed by atoms with Gasteiger partial charge in [0.1, 0.15) is 11.7 Å². The summed E-state index contributed by atoms with van der Waals surface area (Å²) in [5, 5.41) is 0.444. The van der Waals surface area contributed by atoms with Gasteiger partial charge < -0.3 is 4.90 Å². The molecule has 1 aliphatic rings. The van der Waals surface area contributed by atoms with Crippen LogP contribution in [0, 0.1) is 5.82 Å². The lowest BCUT2D eigenvalue weighted by atomic mass is 10.2. The number of hydrogen-bond donors (Lipinski definition) is 0. The number of halogens is 4. The lowest BCUT2D eigenvalue weighted by molar-refractivity contribution is -0.130. The molecule has 1 aromatic rings. The molecule has 0 N–H and O–H groups in total. The Labute approximate surface area is 134 Å². The molecular formula is C13H16Cl3FN2O. The van der Waals surface area contributed by atoms with E-state index in [4.69, 9.17) is 23.2 Å². The van der Waals surface area contributed by atoms with Crippen LogP contribution in [0.1, 0.15) is 5.56 Å². The van der Waals surface area contributed by atoms with E-state index in [1.807, 2.05) is 0 Å². The molecule has 0 radical (unpaired) electrons. The standard InChI is InChI=1S/C13H15Cl2FN2O.ClH/c14-8-13(19)18-6-4-17(5-7-18)9-10-11(15)2-1-3-12(10)16;/h1-3H,4-9H2;1H. The number of amides is 1. The minimum atomic E-state index is -0.285. The summed E-state index contributed by atoms with van der Waals surface area (Å²) >= 11 is 11.5. The number of carbonyl (C=O) groups is 1. The van der Waals surface area contributed by atoms with Crippen molar-refractivity contribution >= 4 is 41.5 Å². The summed E-state index contributed by atoms with van der Waals surface area (Å²) in [6.07, 6.45) is 0. The van der Waals surface area contributed by atoms with Crippen LogP contribution in [0.5, 0.6) is 0 Å². The number of hydrogen-bond acceptors (Lipinski definition) is 2. The first-order valence-corrected chi connectivity index (χ1v) is 7.02. The van der Waals surface area contributed by atoms with Crippen LogP contribution in [0.2, 0.25) is 5.02 Å². The van der Waals surface area contributed by atoms with E-state index >= 15 is 0 Å². The molecule has 1 amide bonds. The molecule has 20 heavy (non-hydrogen) atoms. The molecule has 0 spiro atoms. The molecule has 3 nitrogen and oxygen atoms in total. The maximum Gasteiger partial charge on any atom is 0.237 e. The third kappa shape index (κ3) is 4.22. The van der Waals surface area contributed by atoms with Gasteiger partial charge in [-0.2, -0.15) is 0 Å². The second-order valence-electron chi connectivity index (χ2n) is 4.49. The molecule has 0 unspecified atom stereocenters. The van der Waals surface area contributed by atoms with E-state index in [2.05, 4.69) is 4.90 Å². The lowest BCUT2D eigenvalue weighted by Crippen LogP contribution is -2.48. The predicted molar refractivity (Wildman–Crippen MR) is 81.2 cm³/mol. The maximum absolute atomic E-state index is 13.7. The molecule has 0 aromatic heterocycles. The Kier molecular flexibility index (Phi) is 7.03. The second-order valence-corrected chi connectivity index (χ2v) is 5.17. The molecule has 112 valence electrons. The summed E-state index contributed by atoms with van der Waals surface area (Å²) < 4.78 is 13.7. The molecule has 7 heteroatoms. The molecule has 1 aromatic carbocycles. The summed E-state index contributed by atoms with van der Waals surface area (Å²) in [6.45, 7) is 3.12. The summed E-state index contributed by atoms with van der Waals surface area (Å²) in [6, 6.07) is 4.69. The van der Waals surface area contributed by atoms with Crippen LogP contribution >= 0.6 is 35.6 Å². The predicted octanol–water partition coefficient (Wildman–Crippen LogP) is 2.78. The van der Waals surface area contributed by atoms with Crippen molar-refractivity contribution in [3.63, 3.8) is 0 Å². The number of carbonyl (C=O) groups excluding carboxylic acids is 1. The number of piperazine rings is 1. The highest BCUT2D eigenvalue weighted by molar-refractivity contribution is 6.31. The van der Waals surface area contributed by atoms with Crippen molar-refractivity contribution in [2.24, 2.45) is 0 Å². The normalized spacial score (nSPS) is 15.8. The Morgan fingerprint density at radius 1 is 1.25 bits per heavy atom. The molecule has 0 saturated carbocycles. The second kappa shape index (κ2) is 8.03. The summed E-state index contributed by atoms with van der Waals surface area (Å²) in [5.74, 6) is -0.323. The number of benzene rings is 1. The van der Waals surface area contributed by atoms with Gasteiger partial charge in [0.05, 0.1) is 0 Å². The Morgan fingerprint density at radius 3 is 2.45 bits per heavy atom. The average Bonchev–Trinajstić information content (AvgIpc) is 2.43. The van der Waals surface area contributed by atoms with Crippen LogP contribution in [0.15, 0.2) is 18.2 Å². The van der Waals surface area contributed by atoms with Gasteiger partial charge in [0.2, 0.25) is 5.91 Å². The van der Waals surface area contributed by atoms with Crippen LogP contribution in [0.3, 0.4) is 0 Å². The topological polar surface area (TPSA) is 23.6 Å². The summed E-state index contributed by atoms with van der Waals surface area (Å²) in [7, 11) is 0. The SMILES string of the molecule is Cl.O=C(CCl)N1CCN(Cc2c(F)cccc2Cl)CC1. The summed E-state index contributed by atoms with van der Waals surface area (Å²) in [5.41, 5.74) is 0.515. The van der Waals surface area contributed by atoms with E-state index in [-0.39, 0.29) is 30.0 Å². The van der Waals surface area contributed by atoms with E-state index in [0.29, 0.717) is 43.3 Å².